The smallest absolute Gasteiger partial charge is 0.229 e. The molecule has 0 radical (unpaired) electrons. The van der Waals surface area contributed by atoms with Crippen molar-refractivity contribution in [3.05, 3.63) is 46.5 Å². The number of amides is 2. The Labute approximate surface area is 148 Å². The van der Waals surface area contributed by atoms with E-state index in [1.807, 2.05) is 24.3 Å². The molecule has 5 heteroatoms. The van der Waals surface area contributed by atoms with Crippen molar-refractivity contribution in [3.8, 4) is 0 Å². The van der Waals surface area contributed by atoms with Crippen molar-refractivity contribution in [1.29, 1.82) is 0 Å². The third-order valence-electron chi connectivity index (χ3n) is 4.10. The Kier molecular flexibility index (Phi) is 7.83. The molecule has 0 unspecified atom stereocenters. The molecular weight excluding hydrogens is 324 g/mol. The van der Waals surface area contributed by atoms with E-state index in [1.54, 1.807) is 0 Å². The van der Waals surface area contributed by atoms with Crippen LogP contribution < -0.4 is 10.6 Å². The molecule has 1 aliphatic carbocycles. The highest BCUT2D eigenvalue weighted by atomic mass is 35.5. The maximum Gasteiger partial charge on any atom is 0.229 e. The number of carbonyl (C=O) groups excluding carboxylic acids is 2. The molecule has 0 atom stereocenters. The first-order valence-corrected chi connectivity index (χ1v) is 8.97. The van der Waals surface area contributed by atoms with E-state index in [2.05, 4.69) is 16.7 Å². The lowest BCUT2D eigenvalue weighted by Gasteiger charge is -2.13. The summed E-state index contributed by atoms with van der Waals surface area (Å²) in [5.41, 5.74) is 2.49. The third kappa shape index (κ3) is 7.18. The van der Waals surface area contributed by atoms with Crippen molar-refractivity contribution < 1.29 is 9.59 Å². The van der Waals surface area contributed by atoms with Crippen LogP contribution >= 0.6 is 11.6 Å². The van der Waals surface area contributed by atoms with E-state index in [-0.39, 0.29) is 18.2 Å². The van der Waals surface area contributed by atoms with Gasteiger partial charge in [-0.05, 0) is 56.2 Å². The van der Waals surface area contributed by atoms with Gasteiger partial charge in [-0.25, -0.2) is 0 Å². The van der Waals surface area contributed by atoms with Gasteiger partial charge in [0.2, 0.25) is 11.8 Å². The highest BCUT2D eigenvalue weighted by Gasteiger charge is 2.09. The fourth-order valence-corrected chi connectivity index (χ4v) is 3.02. The Balaban J connectivity index is 1.57. The van der Waals surface area contributed by atoms with Crippen molar-refractivity contribution in [3.63, 3.8) is 0 Å². The molecule has 2 amide bonds. The molecule has 1 aromatic rings. The van der Waals surface area contributed by atoms with Crippen molar-refractivity contribution in [2.75, 3.05) is 13.1 Å². The molecular formula is C19H25ClN2O2. The average Bonchev–Trinajstić information content (AvgIpc) is 2.56. The number of nitrogens with one attached hydrogen (secondary N) is 2. The quantitative estimate of drug-likeness (QED) is 0.559. The summed E-state index contributed by atoms with van der Waals surface area (Å²) in [4.78, 5) is 23.5. The number of allylic oxidation sites excluding steroid dienone is 1. The van der Waals surface area contributed by atoms with E-state index < -0.39 is 0 Å². The Morgan fingerprint density at radius 1 is 1.04 bits per heavy atom. The summed E-state index contributed by atoms with van der Waals surface area (Å²) >= 11 is 5.92. The highest BCUT2D eigenvalue weighted by Crippen LogP contribution is 2.19. The molecule has 130 valence electrons. The second-order valence-electron chi connectivity index (χ2n) is 6.11. The second kappa shape index (κ2) is 10.1. The van der Waals surface area contributed by atoms with E-state index in [1.165, 1.54) is 18.4 Å². The number of halogens is 1. The van der Waals surface area contributed by atoms with Gasteiger partial charge in [0.05, 0.1) is 0 Å². The first-order valence-electron chi connectivity index (χ1n) is 8.59. The molecule has 0 bridgehead atoms. The first kappa shape index (κ1) is 18.5. The molecule has 0 fully saturated rings. The van der Waals surface area contributed by atoms with Gasteiger partial charge < -0.3 is 10.6 Å². The van der Waals surface area contributed by atoms with E-state index in [0.717, 1.165) is 24.8 Å². The summed E-state index contributed by atoms with van der Waals surface area (Å²) in [6.07, 6.45) is 8.55. The zero-order valence-corrected chi connectivity index (χ0v) is 14.7. The van der Waals surface area contributed by atoms with Crippen molar-refractivity contribution >= 4 is 23.4 Å². The van der Waals surface area contributed by atoms with Gasteiger partial charge in [0.25, 0.3) is 0 Å². The lowest BCUT2D eigenvalue weighted by molar-refractivity contribution is -0.129. The molecule has 2 N–H and O–H groups in total. The van der Waals surface area contributed by atoms with Gasteiger partial charge in [0, 0.05) is 18.1 Å². The molecule has 24 heavy (non-hydrogen) atoms. The van der Waals surface area contributed by atoms with Crippen LogP contribution in [0.3, 0.4) is 0 Å². The van der Waals surface area contributed by atoms with Gasteiger partial charge in [-0.15, -0.1) is 0 Å². The molecule has 0 saturated heterocycles. The summed E-state index contributed by atoms with van der Waals surface area (Å²) in [5, 5.41) is 6.27. The Bertz CT molecular complexity index is 599. The van der Waals surface area contributed by atoms with Crippen LogP contribution in [-0.4, -0.2) is 24.9 Å². The number of hydrogen-bond donors (Lipinski definition) is 2. The first-order chi connectivity index (χ1) is 11.6. The Morgan fingerprint density at radius 2 is 1.79 bits per heavy atom. The van der Waals surface area contributed by atoms with Crippen LogP contribution in [0, 0.1) is 0 Å². The zero-order valence-electron chi connectivity index (χ0n) is 13.9. The molecule has 0 aromatic heterocycles. The Morgan fingerprint density at radius 3 is 2.46 bits per heavy atom. The van der Waals surface area contributed by atoms with Gasteiger partial charge in [0.15, 0.2) is 0 Å². The fourth-order valence-electron chi connectivity index (χ4n) is 2.80. The van der Waals surface area contributed by atoms with Crippen LogP contribution in [0.4, 0.5) is 0 Å². The summed E-state index contributed by atoms with van der Waals surface area (Å²) in [7, 11) is 0. The molecule has 0 saturated carbocycles. The highest BCUT2D eigenvalue weighted by molar-refractivity contribution is 6.30. The molecule has 0 spiro atoms. The Hall–Kier alpha value is -1.81. The van der Waals surface area contributed by atoms with Crippen molar-refractivity contribution in [2.45, 2.75) is 44.9 Å². The zero-order chi connectivity index (χ0) is 17.2. The standard InChI is InChI=1S/C19H25ClN2O2/c20-17-8-4-7-16(13-17)10-12-22-19(24)14-18(23)21-11-9-15-5-2-1-3-6-15/h4-5,7-8,13H,1-3,6,9-12,14H2,(H,21,23)(H,22,24). The second-order valence-corrected chi connectivity index (χ2v) is 6.55. The van der Waals surface area contributed by atoms with Crippen LogP contribution in [0.5, 0.6) is 0 Å². The van der Waals surface area contributed by atoms with Crippen LogP contribution in [0.25, 0.3) is 0 Å². The van der Waals surface area contributed by atoms with E-state index in [4.69, 9.17) is 11.6 Å². The summed E-state index contributed by atoms with van der Waals surface area (Å²) in [6, 6.07) is 7.54. The predicted molar refractivity (Wildman–Crippen MR) is 97.0 cm³/mol. The maximum absolute atomic E-state index is 11.8. The number of hydrogen-bond acceptors (Lipinski definition) is 2. The molecule has 0 heterocycles. The van der Waals surface area contributed by atoms with Gasteiger partial charge >= 0.3 is 0 Å². The van der Waals surface area contributed by atoms with Gasteiger partial charge in [-0.1, -0.05) is 35.4 Å². The molecule has 4 nitrogen and oxygen atoms in total. The molecule has 1 aromatic carbocycles. The van der Waals surface area contributed by atoms with Crippen molar-refractivity contribution in [2.24, 2.45) is 0 Å². The lowest BCUT2D eigenvalue weighted by atomic mass is 9.97. The topological polar surface area (TPSA) is 58.2 Å². The van der Waals surface area contributed by atoms with Gasteiger partial charge in [0.1, 0.15) is 6.42 Å². The third-order valence-corrected chi connectivity index (χ3v) is 4.33. The molecule has 2 rings (SSSR count). The lowest BCUT2D eigenvalue weighted by Crippen LogP contribution is -2.33. The number of rotatable bonds is 8. The van der Waals surface area contributed by atoms with Gasteiger partial charge in [-0.3, -0.25) is 9.59 Å². The molecule has 0 aliphatic heterocycles. The van der Waals surface area contributed by atoms with E-state index in [0.29, 0.717) is 24.5 Å². The maximum atomic E-state index is 11.8. The minimum atomic E-state index is -0.244. The number of carbonyl (C=O) groups is 2. The summed E-state index contributed by atoms with van der Waals surface area (Å²) in [6.45, 7) is 1.11. The van der Waals surface area contributed by atoms with E-state index >= 15 is 0 Å². The van der Waals surface area contributed by atoms with Crippen LogP contribution in [0.1, 0.15) is 44.1 Å². The minimum Gasteiger partial charge on any atom is -0.355 e. The average molecular weight is 349 g/mol. The van der Waals surface area contributed by atoms with Crippen molar-refractivity contribution in [1.82, 2.24) is 10.6 Å². The SMILES string of the molecule is O=C(CC(=O)NCCc1cccc(Cl)c1)NCCC1=CCCCC1. The minimum absolute atomic E-state index is 0.116. The van der Waals surface area contributed by atoms with Crippen LogP contribution in [-0.2, 0) is 16.0 Å². The normalized spacial score (nSPS) is 14.0. The predicted octanol–water partition coefficient (Wildman–Crippen LogP) is 3.40. The largest absolute Gasteiger partial charge is 0.355 e. The summed E-state index contributed by atoms with van der Waals surface area (Å²) < 4.78 is 0. The fraction of sp³-hybridized carbons (Fsp3) is 0.474. The summed E-state index contributed by atoms with van der Waals surface area (Å²) in [5.74, 6) is -0.460. The van der Waals surface area contributed by atoms with Gasteiger partial charge in [-0.2, -0.15) is 0 Å². The van der Waals surface area contributed by atoms with E-state index in [9.17, 15) is 9.59 Å². The monoisotopic (exact) mass is 348 g/mol. The van der Waals surface area contributed by atoms with Crippen LogP contribution in [0.15, 0.2) is 35.9 Å². The molecule has 1 aliphatic rings. The van der Waals surface area contributed by atoms with Crippen LogP contribution in [0.2, 0.25) is 5.02 Å². The number of benzene rings is 1.